The van der Waals surface area contributed by atoms with Crippen LogP contribution in [-0.2, 0) is 57.4 Å². The molecule has 2 aromatic carbocycles. The molecule has 4 aliphatic heterocycles. The summed E-state index contributed by atoms with van der Waals surface area (Å²) >= 11 is 0. The highest BCUT2D eigenvalue weighted by atomic mass is 16.6. The maximum Gasteiger partial charge on any atom is 0.410 e. The minimum Gasteiger partial charge on any atom is -0.494 e. The van der Waals surface area contributed by atoms with Crippen LogP contribution in [0.3, 0.4) is 0 Å². The topological polar surface area (TPSA) is 180 Å². The van der Waals surface area contributed by atoms with Crippen molar-refractivity contribution in [3.05, 3.63) is 106 Å². The Hall–Kier alpha value is -7.07. The van der Waals surface area contributed by atoms with Crippen molar-refractivity contribution in [2.75, 3.05) is 39.4 Å². The van der Waals surface area contributed by atoms with Crippen LogP contribution >= 0.6 is 0 Å². The summed E-state index contributed by atoms with van der Waals surface area (Å²) in [5.74, 6) is 2.98. The first-order chi connectivity index (χ1) is 33.2. The zero-order valence-electron chi connectivity index (χ0n) is 40.3. The number of nitrogens with zero attached hydrogens (tertiary/aromatic N) is 7. The van der Waals surface area contributed by atoms with Gasteiger partial charge in [0.15, 0.2) is 11.6 Å². The van der Waals surface area contributed by atoms with Crippen molar-refractivity contribution in [3.63, 3.8) is 0 Å². The van der Waals surface area contributed by atoms with Gasteiger partial charge in [-0.15, -0.1) is 0 Å². The SMILES string of the molecule is CCOc1ccc(-c2ncc3c(n2)-c2c(c4c(n2C)CC2(CN(C(=O)OC(C)(C)C)C2)NC4=O)CC3)cc1.CCOc1ccc(-c2ncc3c(n2)-c2c(c4c(n2C)CC2(CNC2)NC4=O)CC3)cc1. The lowest BCUT2D eigenvalue weighted by Gasteiger charge is -2.51. The van der Waals surface area contributed by atoms with Crippen LogP contribution in [0.25, 0.3) is 45.6 Å². The molecular weight excluding hydrogens is 873 g/mol. The van der Waals surface area contributed by atoms with E-state index in [-0.39, 0.29) is 23.4 Å². The molecule has 0 unspecified atom stereocenters. The maximum atomic E-state index is 13.5. The lowest BCUT2D eigenvalue weighted by Crippen LogP contribution is -2.74. The summed E-state index contributed by atoms with van der Waals surface area (Å²) in [6.45, 7) is 13.3. The Labute approximate surface area is 401 Å². The smallest absolute Gasteiger partial charge is 0.410 e. The van der Waals surface area contributed by atoms with Gasteiger partial charge in [-0.1, -0.05) is 0 Å². The minimum atomic E-state index is -0.556. The van der Waals surface area contributed by atoms with E-state index < -0.39 is 11.1 Å². The molecule has 0 atom stereocenters. The van der Waals surface area contributed by atoms with E-state index in [4.69, 9.17) is 24.2 Å². The Morgan fingerprint density at radius 3 is 1.54 bits per heavy atom. The highest BCUT2D eigenvalue weighted by molar-refractivity contribution is 6.02. The number of amides is 3. The molecule has 16 heteroatoms. The zero-order chi connectivity index (χ0) is 48.0. The van der Waals surface area contributed by atoms with Gasteiger partial charge in [-0.3, -0.25) is 9.59 Å². The van der Waals surface area contributed by atoms with Gasteiger partial charge in [0.2, 0.25) is 0 Å². The molecule has 69 heavy (non-hydrogen) atoms. The number of aryl methyl sites for hydroxylation is 2. The van der Waals surface area contributed by atoms with Crippen molar-refractivity contribution in [3.8, 4) is 57.1 Å². The number of nitrogens with one attached hydrogen (secondary N) is 3. The molecule has 6 aliphatic rings. The summed E-state index contributed by atoms with van der Waals surface area (Å²) in [6, 6.07) is 15.7. The molecule has 2 fully saturated rings. The zero-order valence-corrected chi connectivity index (χ0v) is 40.3. The standard InChI is InChI=1S/C29H33N5O4.C24H25N5O2/c1-6-37-19-10-7-17(8-11-19)25-30-14-18-9-12-20-22-21(33(5)24(20)23(18)31-25)13-29(32-26(22)35)15-34(16-29)27(36)38-28(2,3)4;1-3-31-16-7-4-14(5-8-16)22-26-11-15-6-9-17-19-18(29(2)21(17)20(15)27-22)10-24(12-25-13-24)28-23(19)30/h7-8,10-11,14H,6,9,12-13,15-16H2,1-5H3,(H,32,35);4-5,7-8,11,25H,3,6,9-10,12-13H2,1-2H3,(H,28,30). The second-order valence-electron chi connectivity index (χ2n) is 20.2. The average molecular weight is 931 g/mol. The quantitative estimate of drug-likeness (QED) is 0.173. The van der Waals surface area contributed by atoms with Crippen LogP contribution in [0, 0.1) is 0 Å². The summed E-state index contributed by atoms with van der Waals surface area (Å²) in [6.07, 6.45) is 8.27. The second-order valence-corrected chi connectivity index (χ2v) is 20.2. The number of likely N-dealkylation sites (tertiary alicyclic amines) is 1. The van der Waals surface area contributed by atoms with E-state index in [2.05, 4.69) is 42.1 Å². The number of rotatable bonds is 6. The molecule has 0 bridgehead atoms. The molecule has 0 radical (unpaired) electrons. The Kier molecular flexibility index (Phi) is 10.7. The van der Waals surface area contributed by atoms with Crippen molar-refractivity contribution in [2.45, 2.75) is 89.8 Å². The summed E-state index contributed by atoms with van der Waals surface area (Å²) in [5, 5.41) is 9.80. The van der Waals surface area contributed by atoms with E-state index in [0.717, 1.165) is 135 Å². The summed E-state index contributed by atoms with van der Waals surface area (Å²) < 4.78 is 21.0. The van der Waals surface area contributed by atoms with E-state index in [1.807, 2.05) is 103 Å². The van der Waals surface area contributed by atoms with E-state index in [0.29, 0.717) is 44.4 Å². The molecular formula is C53H58N10O6. The highest BCUT2D eigenvalue weighted by Gasteiger charge is 2.52. The number of hydrogen-bond acceptors (Lipinski definition) is 11. The molecule has 6 aromatic rings. The fourth-order valence-corrected chi connectivity index (χ4v) is 11.1. The molecule has 2 aliphatic carbocycles. The molecule has 356 valence electrons. The van der Waals surface area contributed by atoms with Crippen molar-refractivity contribution in [2.24, 2.45) is 14.1 Å². The molecule has 3 N–H and O–H groups in total. The van der Waals surface area contributed by atoms with Gasteiger partial charge in [0.05, 0.1) is 58.2 Å². The number of fused-ring (bicyclic) bond motifs is 10. The molecule has 2 saturated heterocycles. The predicted octanol–water partition coefficient (Wildman–Crippen LogP) is 6.20. The van der Waals surface area contributed by atoms with Crippen LogP contribution in [-0.4, -0.2) is 108 Å². The number of benzene rings is 2. The van der Waals surface area contributed by atoms with Crippen LogP contribution in [0.4, 0.5) is 4.79 Å². The Bertz CT molecular complexity index is 3060. The van der Waals surface area contributed by atoms with Gasteiger partial charge in [0, 0.05) is 88.0 Å². The Morgan fingerprint density at radius 1 is 0.667 bits per heavy atom. The number of carbonyl (C=O) groups is 3. The number of carbonyl (C=O) groups excluding carboxylic acids is 3. The number of aromatic nitrogens is 6. The first kappa shape index (κ1) is 44.4. The van der Waals surface area contributed by atoms with Gasteiger partial charge in [-0.05, 0) is 131 Å². The third kappa shape index (κ3) is 7.69. The van der Waals surface area contributed by atoms with Gasteiger partial charge in [-0.2, -0.15) is 0 Å². The average Bonchev–Trinajstić information content (AvgIpc) is 3.77. The van der Waals surface area contributed by atoms with Crippen molar-refractivity contribution in [1.29, 1.82) is 0 Å². The van der Waals surface area contributed by atoms with Gasteiger partial charge >= 0.3 is 6.09 Å². The first-order valence-corrected chi connectivity index (χ1v) is 24.1. The number of hydrogen-bond donors (Lipinski definition) is 3. The van der Waals surface area contributed by atoms with Crippen LogP contribution in [0.15, 0.2) is 60.9 Å². The molecule has 8 heterocycles. The van der Waals surface area contributed by atoms with E-state index in [1.54, 1.807) is 4.90 Å². The first-order valence-electron chi connectivity index (χ1n) is 24.1. The van der Waals surface area contributed by atoms with Crippen LogP contribution in [0.2, 0.25) is 0 Å². The Balaban J connectivity index is 0.000000154. The largest absolute Gasteiger partial charge is 0.494 e. The normalized spacial score (nSPS) is 17.5. The molecule has 12 rings (SSSR count). The van der Waals surface area contributed by atoms with Crippen LogP contribution in [0.1, 0.15) is 89.0 Å². The summed E-state index contributed by atoms with van der Waals surface area (Å²) in [7, 11) is 4.09. The maximum absolute atomic E-state index is 13.5. The lowest BCUT2D eigenvalue weighted by molar-refractivity contribution is -0.0170. The fraction of sp³-hybridized carbons (Fsp3) is 0.415. The van der Waals surface area contributed by atoms with Crippen LogP contribution < -0.4 is 25.4 Å². The van der Waals surface area contributed by atoms with Crippen molar-refractivity contribution < 1.29 is 28.6 Å². The van der Waals surface area contributed by atoms with Crippen molar-refractivity contribution in [1.82, 2.24) is 49.9 Å². The third-order valence-electron chi connectivity index (χ3n) is 14.3. The van der Waals surface area contributed by atoms with Gasteiger partial charge in [-0.25, -0.2) is 24.7 Å². The minimum absolute atomic E-state index is 0.0591. The highest BCUT2D eigenvalue weighted by Crippen LogP contribution is 2.43. The third-order valence-corrected chi connectivity index (χ3v) is 14.3. The van der Waals surface area contributed by atoms with E-state index >= 15 is 0 Å². The summed E-state index contributed by atoms with van der Waals surface area (Å²) in [4.78, 5) is 60.0. The molecule has 16 nitrogen and oxygen atoms in total. The van der Waals surface area contributed by atoms with Crippen LogP contribution in [0.5, 0.6) is 11.5 Å². The monoisotopic (exact) mass is 930 g/mol. The van der Waals surface area contributed by atoms with Gasteiger partial charge in [0.1, 0.15) is 17.1 Å². The van der Waals surface area contributed by atoms with E-state index in [1.165, 1.54) is 0 Å². The van der Waals surface area contributed by atoms with Crippen molar-refractivity contribution >= 4 is 17.9 Å². The summed E-state index contributed by atoms with van der Waals surface area (Å²) in [5.41, 5.74) is 12.7. The fourth-order valence-electron chi connectivity index (χ4n) is 11.1. The predicted molar refractivity (Wildman–Crippen MR) is 259 cm³/mol. The van der Waals surface area contributed by atoms with E-state index in [9.17, 15) is 14.4 Å². The Morgan fingerprint density at radius 2 is 1.12 bits per heavy atom. The molecule has 3 amide bonds. The molecule has 0 saturated carbocycles. The van der Waals surface area contributed by atoms with Gasteiger partial charge < -0.3 is 44.2 Å². The second kappa shape index (κ2) is 16.6. The molecule has 2 spiro atoms. The number of ether oxygens (including phenoxy) is 3. The molecule has 4 aromatic heterocycles. The lowest BCUT2D eigenvalue weighted by atomic mass is 9.80. The van der Waals surface area contributed by atoms with Gasteiger partial charge in [0.25, 0.3) is 11.8 Å².